The van der Waals surface area contributed by atoms with E-state index in [9.17, 15) is 15.3 Å². The number of hydrogen-bond donors (Lipinski definition) is 4. The van der Waals surface area contributed by atoms with Crippen LogP contribution in [0.3, 0.4) is 0 Å². The number of aromatic nitrogens is 4. The van der Waals surface area contributed by atoms with Crippen molar-refractivity contribution in [3.63, 3.8) is 0 Å². The van der Waals surface area contributed by atoms with Crippen LogP contribution in [0.5, 0.6) is 0 Å². The highest BCUT2D eigenvalue weighted by Gasteiger charge is 2.44. The first-order valence-electron chi connectivity index (χ1n) is 8.37. The van der Waals surface area contributed by atoms with Gasteiger partial charge in [0, 0.05) is 10.1 Å². The minimum absolute atomic E-state index is 0.390. The molecule has 4 rings (SSSR count). The zero-order valence-electron chi connectivity index (χ0n) is 14.1. The van der Waals surface area contributed by atoms with E-state index >= 15 is 0 Å². The van der Waals surface area contributed by atoms with E-state index in [4.69, 9.17) is 4.74 Å². The quantitative estimate of drug-likeness (QED) is 0.390. The highest BCUT2D eigenvalue weighted by molar-refractivity contribution is 14.1. The largest absolute Gasteiger partial charge is 0.394 e. The van der Waals surface area contributed by atoms with Crippen molar-refractivity contribution in [3.05, 3.63) is 46.1 Å². The number of benzene rings is 1. The molecule has 0 spiro atoms. The minimum Gasteiger partial charge on any atom is -0.394 e. The number of aliphatic hydroxyl groups excluding tert-OH is 3. The first-order valence-corrected chi connectivity index (χ1v) is 9.44. The lowest BCUT2D eigenvalue weighted by Gasteiger charge is -2.16. The SMILES string of the molecule is OC[C@H]1O[C@@H](n2cnc3c(NCc4ccc(I)cc4)ncnc32)[C@@H](O)[C@@H]1O. The number of ether oxygens (including phenoxy) is 1. The van der Waals surface area contributed by atoms with Crippen LogP contribution in [-0.4, -0.2) is 59.8 Å². The second kappa shape index (κ2) is 7.64. The third kappa shape index (κ3) is 3.50. The van der Waals surface area contributed by atoms with E-state index in [2.05, 4.69) is 42.9 Å². The molecule has 0 amide bonds. The van der Waals surface area contributed by atoms with Gasteiger partial charge >= 0.3 is 0 Å². The first-order chi connectivity index (χ1) is 13.1. The Balaban J connectivity index is 1.59. The van der Waals surface area contributed by atoms with Gasteiger partial charge in [-0.25, -0.2) is 15.0 Å². The van der Waals surface area contributed by atoms with Crippen molar-refractivity contribution >= 4 is 39.6 Å². The average molecular weight is 483 g/mol. The number of anilines is 1. The Hall–Kier alpha value is -1.86. The molecule has 0 saturated carbocycles. The zero-order valence-corrected chi connectivity index (χ0v) is 16.3. The van der Waals surface area contributed by atoms with Crippen LogP contribution in [0, 0.1) is 3.57 Å². The Morgan fingerprint density at radius 1 is 1.11 bits per heavy atom. The number of nitrogens with zero attached hydrogens (tertiary/aromatic N) is 4. The van der Waals surface area contributed by atoms with Crippen molar-refractivity contribution in [2.45, 2.75) is 31.1 Å². The normalized spacial score (nSPS) is 25.2. The van der Waals surface area contributed by atoms with Crippen molar-refractivity contribution in [3.8, 4) is 0 Å². The molecule has 142 valence electrons. The van der Waals surface area contributed by atoms with Crippen molar-refractivity contribution in [2.24, 2.45) is 0 Å². The molecule has 27 heavy (non-hydrogen) atoms. The Morgan fingerprint density at radius 2 is 1.89 bits per heavy atom. The Labute approximate surface area is 168 Å². The molecule has 0 aliphatic carbocycles. The molecule has 9 nitrogen and oxygen atoms in total. The van der Waals surface area contributed by atoms with Gasteiger partial charge < -0.3 is 25.4 Å². The highest BCUT2D eigenvalue weighted by atomic mass is 127. The highest BCUT2D eigenvalue weighted by Crippen LogP contribution is 2.32. The van der Waals surface area contributed by atoms with Crippen LogP contribution in [0.15, 0.2) is 36.9 Å². The summed E-state index contributed by atoms with van der Waals surface area (Å²) in [5.74, 6) is 0.559. The number of halogens is 1. The van der Waals surface area contributed by atoms with Crippen LogP contribution >= 0.6 is 22.6 Å². The van der Waals surface area contributed by atoms with E-state index in [-0.39, 0.29) is 6.61 Å². The fourth-order valence-corrected chi connectivity index (χ4v) is 3.42. The summed E-state index contributed by atoms with van der Waals surface area (Å²) in [5, 5.41) is 32.7. The van der Waals surface area contributed by atoms with E-state index in [0.717, 1.165) is 9.13 Å². The van der Waals surface area contributed by atoms with Gasteiger partial charge in [-0.3, -0.25) is 4.57 Å². The minimum atomic E-state index is -1.20. The summed E-state index contributed by atoms with van der Waals surface area (Å²) in [6.45, 7) is 0.183. The third-order valence-corrected chi connectivity index (χ3v) is 5.24. The van der Waals surface area contributed by atoms with Crippen molar-refractivity contribution in [1.29, 1.82) is 0 Å². The second-order valence-electron chi connectivity index (χ2n) is 6.26. The predicted molar refractivity (Wildman–Crippen MR) is 105 cm³/mol. The summed E-state index contributed by atoms with van der Waals surface area (Å²) in [6, 6.07) is 8.13. The lowest BCUT2D eigenvalue weighted by Crippen LogP contribution is -2.33. The molecule has 3 heterocycles. The molecule has 1 fully saturated rings. The predicted octanol–water partition coefficient (Wildman–Crippen LogP) is 0.654. The fourth-order valence-electron chi connectivity index (χ4n) is 3.07. The molecule has 2 aromatic heterocycles. The van der Waals surface area contributed by atoms with Gasteiger partial charge in [0.25, 0.3) is 0 Å². The number of aliphatic hydroxyl groups is 3. The number of imidazole rings is 1. The van der Waals surface area contributed by atoms with E-state index in [1.807, 2.05) is 24.3 Å². The van der Waals surface area contributed by atoms with Crippen LogP contribution in [-0.2, 0) is 11.3 Å². The summed E-state index contributed by atoms with van der Waals surface area (Å²) in [4.78, 5) is 12.8. The number of nitrogens with one attached hydrogen (secondary N) is 1. The molecule has 10 heteroatoms. The van der Waals surface area contributed by atoms with Crippen LogP contribution < -0.4 is 5.32 Å². The van der Waals surface area contributed by atoms with Gasteiger partial charge in [-0.15, -0.1) is 0 Å². The maximum Gasteiger partial charge on any atom is 0.167 e. The van der Waals surface area contributed by atoms with E-state index in [1.54, 1.807) is 0 Å². The summed E-state index contributed by atoms with van der Waals surface area (Å²) in [6.07, 6.45) is -1.24. The van der Waals surface area contributed by atoms with Crippen molar-refractivity contribution in [2.75, 3.05) is 11.9 Å². The number of rotatable bonds is 5. The average Bonchev–Trinajstić information content (AvgIpc) is 3.23. The molecule has 3 aromatic rings. The van der Waals surface area contributed by atoms with E-state index in [0.29, 0.717) is 23.5 Å². The standard InChI is InChI=1S/C17H18IN5O4/c18-10-3-1-9(2-4-10)5-19-15-12-16(21-7-20-15)23(8-22-12)17-14(26)13(25)11(6-24)27-17/h1-4,7-8,11,13-14,17,24-26H,5-6H2,(H,19,20,21)/t11-,13-,14+,17-/m1/s1. The van der Waals surface area contributed by atoms with Crippen LogP contribution in [0.2, 0.25) is 0 Å². The third-order valence-electron chi connectivity index (χ3n) is 4.52. The van der Waals surface area contributed by atoms with E-state index < -0.39 is 24.5 Å². The summed E-state index contributed by atoms with van der Waals surface area (Å²) in [7, 11) is 0. The van der Waals surface area contributed by atoms with Crippen LogP contribution in [0.25, 0.3) is 11.2 Å². The summed E-state index contributed by atoms with van der Waals surface area (Å²) < 4.78 is 8.26. The fraction of sp³-hybridized carbons (Fsp3) is 0.353. The lowest BCUT2D eigenvalue weighted by molar-refractivity contribution is -0.0511. The van der Waals surface area contributed by atoms with Crippen molar-refractivity contribution in [1.82, 2.24) is 19.5 Å². The van der Waals surface area contributed by atoms with Gasteiger partial charge in [0.2, 0.25) is 0 Å². The topological polar surface area (TPSA) is 126 Å². The molecule has 4 N–H and O–H groups in total. The molecular formula is C17H18IN5O4. The molecule has 1 aromatic carbocycles. The summed E-state index contributed by atoms with van der Waals surface area (Å²) >= 11 is 2.26. The molecule has 1 aliphatic rings. The van der Waals surface area contributed by atoms with Gasteiger partial charge in [0.05, 0.1) is 12.9 Å². The van der Waals surface area contributed by atoms with Gasteiger partial charge in [0.15, 0.2) is 23.2 Å². The van der Waals surface area contributed by atoms with Gasteiger partial charge in [0.1, 0.15) is 24.6 Å². The maximum absolute atomic E-state index is 10.2. The second-order valence-corrected chi connectivity index (χ2v) is 7.50. The maximum atomic E-state index is 10.2. The molecule has 0 radical (unpaired) electrons. The number of fused-ring (bicyclic) bond motifs is 1. The molecule has 0 unspecified atom stereocenters. The Bertz CT molecular complexity index is 935. The van der Waals surface area contributed by atoms with Crippen LogP contribution in [0.1, 0.15) is 11.8 Å². The van der Waals surface area contributed by atoms with Gasteiger partial charge in [-0.05, 0) is 40.3 Å². The first kappa shape index (κ1) is 18.5. The zero-order chi connectivity index (χ0) is 19.0. The molecule has 4 atom stereocenters. The van der Waals surface area contributed by atoms with E-state index in [1.165, 1.54) is 17.2 Å². The van der Waals surface area contributed by atoms with Crippen LogP contribution in [0.4, 0.5) is 5.82 Å². The summed E-state index contributed by atoms with van der Waals surface area (Å²) in [5.41, 5.74) is 2.09. The molecule has 0 bridgehead atoms. The number of hydrogen-bond acceptors (Lipinski definition) is 8. The smallest absolute Gasteiger partial charge is 0.167 e. The lowest BCUT2D eigenvalue weighted by atomic mass is 10.1. The van der Waals surface area contributed by atoms with Gasteiger partial charge in [-0.1, -0.05) is 12.1 Å². The molecular weight excluding hydrogens is 465 g/mol. The Morgan fingerprint density at radius 3 is 2.59 bits per heavy atom. The monoisotopic (exact) mass is 483 g/mol. The Kier molecular flexibility index (Phi) is 5.23. The van der Waals surface area contributed by atoms with Crippen molar-refractivity contribution < 1.29 is 20.1 Å². The molecule has 1 aliphatic heterocycles. The molecule has 1 saturated heterocycles. The van der Waals surface area contributed by atoms with Gasteiger partial charge in [-0.2, -0.15) is 0 Å².